The number of fused-ring (bicyclic) bond motifs is 4. The molecule has 198 valence electrons. The lowest BCUT2D eigenvalue weighted by Crippen LogP contribution is -2.38. The van der Waals surface area contributed by atoms with Crippen molar-refractivity contribution in [2.45, 2.75) is 83.0 Å². The number of nitriles is 1. The largest absolute Gasteiger partial charge is 0.417 e. The van der Waals surface area contributed by atoms with Gasteiger partial charge in [-0.15, -0.1) is 0 Å². The van der Waals surface area contributed by atoms with Crippen molar-refractivity contribution in [1.82, 2.24) is 4.98 Å². The SMILES string of the molecule is CC(C)c1nc2c(c3c1[C@@H](c1ccc(C(F)(F)F)c(C#N)c1)OC31CCOCC1)[C@@H](O)CC(C)(C)[C@H]2O. The Balaban J connectivity index is 1.80. The van der Waals surface area contributed by atoms with Crippen molar-refractivity contribution in [2.75, 3.05) is 13.2 Å². The van der Waals surface area contributed by atoms with Crippen molar-refractivity contribution in [3.05, 3.63) is 63.0 Å². The van der Waals surface area contributed by atoms with Crippen molar-refractivity contribution < 1.29 is 32.9 Å². The molecule has 0 radical (unpaired) electrons. The number of aromatic nitrogens is 1. The van der Waals surface area contributed by atoms with Gasteiger partial charge < -0.3 is 19.7 Å². The molecule has 3 atom stereocenters. The van der Waals surface area contributed by atoms with Crippen LogP contribution in [-0.2, 0) is 21.3 Å². The first-order valence-corrected chi connectivity index (χ1v) is 12.6. The Labute approximate surface area is 214 Å². The average molecular weight is 517 g/mol. The second kappa shape index (κ2) is 8.77. The summed E-state index contributed by atoms with van der Waals surface area (Å²) in [5.74, 6) is -0.0978. The van der Waals surface area contributed by atoms with Gasteiger partial charge in [0.25, 0.3) is 0 Å². The lowest BCUT2D eigenvalue weighted by Gasteiger charge is -2.42. The van der Waals surface area contributed by atoms with Gasteiger partial charge in [0.2, 0.25) is 0 Å². The first kappa shape index (κ1) is 26.1. The van der Waals surface area contributed by atoms with Gasteiger partial charge in [-0.3, -0.25) is 4.98 Å². The molecule has 1 saturated heterocycles. The fraction of sp³-hybridized carbons (Fsp3) is 0.571. The molecule has 0 amide bonds. The molecule has 1 fully saturated rings. The van der Waals surface area contributed by atoms with Crippen molar-refractivity contribution in [3.8, 4) is 6.07 Å². The zero-order valence-corrected chi connectivity index (χ0v) is 21.3. The Morgan fingerprint density at radius 3 is 2.41 bits per heavy atom. The number of halogens is 3. The molecule has 0 unspecified atom stereocenters. The Morgan fingerprint density at radius 2 is 1.81 bits per heavy atom. The molecule has 1 spiro atoms. The number of aliphatic hydroxyl groups excluding tert-OH is 2. The summed E-state index contributed by atoms with van der Waals surface area (Å²) in [5, 5.41) is 32.2. The van der Waals surface area contributed by atoms with E-state index in [2.05, 4.69) is 0 Å². The van der Waals surface area contributed by atoms with E-state index in [1.54, 1.807) is 6.07 Å². The van der Waals surface area contributed by atoms with E-state index in [9.17, 15) is 28.6 Å². The fourth-order valence-electron chi connectivity index (χ4n) is 6.19. The van der Waals surface area contributed by atoms with Gasteiger partial charge >= 0.3 is 6.18 Å². The smallest absolute Gasteiger partial charge is 0.388 e. The number of aliphatic hydroxyl groups is 2. The summed E-state index contributed by atoms with van der Waals surface area (Å²) in [6, 6.07) is 5.21. The standard InChI is InChI=1S/C28H31F3N2O4/c1-14(2)22-20-21(19-18(34)12-26(3,4)25(35)23(19)33-22)27(7-9-36-10-8-27)37-24(20)15-5-6-17(28(29,30)31)16(11-15)13-32/h5-6,11,14,18,24-25,34-35H,7-10,12H2,1-4H3/t18-,24+,25-/m0/s1. The summed E-state index contributed by atoms with van der Waals surface area (Å²) >= 11 is 0. The summed E-state index contributed by atoms with van der Waals surface area (Å²) in [6.07, 6.45) is -5.92. The van der Waals surface area contributed by atoms with Gasteiger partial charge in [-0.1, -0.05) is 33.8 Å². The molecule has 1 aliphatic carbocycles. The quantitative estimate of drug-likeness (QED) is 0.530. The van der Waals surface area contributed by atoms with Gasteiger partial charge in [0.05, 0.1) is 34.6 Å². The molecule has 9 heteroatoms. The molecule has 1 aromatic heterocycles. The molecular weight excluding hydrogens is 485 g/mol. The number of hydrogen-bond donors (Lipinski definition) is 2. The molecule has 3 aliphatic rings. The lowest BCUT2D eigenvalue weighted by atomic mass is 9.68. The molecule has 5 rings (SSSR count). The number of pyridine rings is 1. The third-order valence-corrected chi connectivity index (χ3v) is 8.06. The molecular formula is C28H31F3N2O4. The highest BCUT2D eigenvalue weighted by atomic mass is 19.4. The van der Waals surface area contributed by atoms with E-state index in [-0.39, 0.29) is 5.92 Å². The van der Waals surface area contributed by atoms with E-state index in [1.807, 2.05) is 27.7 Å². The summed E-state index contributed by atoms with van der Waals surface area (Å²) in [4.78, 5) is 4.90. The maximum Gasteiger partial charge on any atom is 0.417 e. The van der Waals surface area contributed by atoms with Gasteiger partial charge in [-0.25, -0.2) is 0 Å². The molecule has 6 nitrogen and oxygen atoms in total. The van der Waals surface area contributed by atoms with Crippen molar-refractivity contribution >= 4 is 0 Å². The highest BCUT2D eigenvalue weighted by Gasteiger charge is 2.54. The van der Waals surface area contributed by atoms with Crippen LogP contribution in [0.5, 0.6) is 0 Å². The van der Waals surface area contributed by atoms with Crippen molar-refractivity contribution in [2.24, 2.45) is 5.41 Å². The second-order valence-corrected chi connectivity index (χ2v) is 11.4. The number of benzene rings is 1. The van der Waals surface area contributed by atoms with E-state index in [0.717, 1.165) is 11.6 Å². The minimum Gasteiger partial charge on any atom is -0.388 e. The van der Waals surface area contributed by atoms with Gasteiger partial charge in [-0.05, 0) is 41.0 Å². The fourth-order valence-corrected chi connectivity index (χ4v) is 6.19. The Morgan fingerprint density at radius 1 is 1.14 bits per heavy atom. The van der Waals surface area contributed by atoms with Gasteiger partial charge in [0.1, 0.15) is 12.2 Å². The first-order chi connectivity index (χ1) is 17.3. The maximum absolute atomic E-state index is 13.5. The summed E-state index contributed by atoms with van der Waals surface area (Å²) in [5.41, 5.74) is 0.650. The van der Waals surface area contributed by atoms with Crippen LogP contribution in [0.1, 0.15) is 116 Å². The zero-order valence-electron chi connectivity index (χ0n) is 21.3. The predicted octanol–water partition coefficient (Wildman–Crippen LogP) is 5.72. The summed E-state index contributed by atoms with van der Waals surface area (Å²) in [6.45, 7) is 8.55. The molecule has 37 heavy (non-hydrogen) atoms. The van der Waals surface area contributed by atoms with Crippen LogP contribution >= 0.6 is 0 Å². The Hall–Kier alpha value is -2.51. The molecule has 2 aromatic rings. The van der Waals surface area contributed by atoms with Gasteiger partial charge in [0, 0.05) is 42.9 Å². The van der Waals surface area contributed by atoms with E-state index in [0.29, 0.717) is 60.6 Å². The monoisotopic (exact) mass is 516 g/mol. The van der Waals surface area contributed by atoms with E-state index in [4.69, 9.17) is 14.5 Å². The van der Waals surface area contributed by atoms with Crippen molar-refractivity contribution in [3.63, 3.8) is 0 Å². The Kier molecular flexibility index (Phi) is 6.19. The molecule has 2 aliphatic heterocycles. The van der Waals surface area contributed by atoms with Crippen LogP contribution in [-0.4, -0.2) is 28.4 Å². The van der Waals surface area contributed by atoms with E-state index >= 15 is 0 Å². The van der Waals surface area contributed by atoms with Crippen LogP contribution in [0.4, 0.5) is 13.2 Å². The number of alkyl halides is 3. The minimum atomic E-state index is -4.66. The molecule has 0 saturated carbocycles. The normalized spacial score (nSPS) is 26.1. The predicted molar refractivity (Wildman–Crippen MR) is 127 cm³/mol. The minimum absolute atomic E-state index is 0.0978. The number of rotatable bonds is 2. The molecule has 1 aromatic carbocycles. The molecule has 0 bridgehead atoms. The van der Waals surface area contributed by atoms with Crippen LogP contribution in [0.25, 0.3) is 0 Å². The second-order valence-electron chi connectivity index (χ2n) is 11.4. The summed E-state index contributed by atoms with van der Waals surface area (Å²) < 4.78 is 52.9. The number of hydrogen-bond acceptors (Lipinski definition) is 6. The van der Waals surface area contributed by atoms with E-state index < -0.39 is 46.6 Å². The van der Waals surface area contributed by atoms with Crippen LogP contribution in [0.15, 0.2) is 18.2 Å². The summed E-state index contributed by atoms with van der Waals surface area (Å²) in [7, 11) is 0. The first-order valence-electron chi connectivity index (χ1n) is 12.6. The highest BCUT2D eigenvalue weighted by molar-refractivity contribution is 5.56. The maximum atomic E-state index is 13.5. The Bertz CT molecular complexity index is 1280. The van der Waals surface area contributed by atoms with Crippen LogP contribution in [0.2, 0.25) is 0 Å². The molecule has 3 heterocycles. The lowest BCUT2D eigenvalue weighted by molar-refractivity contribution is -0.138. The van der Waals surface area contributed by atoms with E-state index in [1.165, 1.54) is 12.1 Å². The number of nitrogens with zero attached hydrogens (tertiary/aromatic N) is 2. The van der Waals surface area contributed by atoms with Gasteiger partial charge in [-0.2, -0.15) is 18.4 Å². The zero-order chi connectivity index (χ0) is 26.9. The van der Waals surface area contributed by atoms with Crippen LogP contribution < -0.4 is 0 Å². The van der Waals surface area contributed by atoms with Gasteiger partial charge in [0.15, 0.2) is 0 Å². The third kappa shape index (κ3) is 4.06. The molecule has 2 N–H and O–H groups in total. The highest BCUT2D eigenvalue weighted by Crippen LogP contribution is 2.59. The van der Waals surface area contributed by atoms with Crippen LogP contribution in [0.3, 0.4) is 0 Å². The van der Waals surface area contributed by atoms with Crippen molar-refractivity contribution in [1.29, 1.82) is 5.26 Å². The van der Waals surface area contributed by atoms with Crippen LogP contribution in [0, 0.1) is 16.7 Å². The average Bonchev–Trinajstić information content (AvgIpc) is 3.15. The third-order valence-electron chi connectivity index (χ3n) is 8.06. The topological polar surface area (TPSA) is 95.6 Å². The number of ether oxygens (including phenoxy) is 2.